The molecule has 0 saturated heterocycles. The summed E-state index contributed by atoms with van der Waals surface area (Å²) in [6.45, 7) is 4.30. The van der Waals surface area contributed by atoms with Crippen molar-refractivity contribution in [1.82, 2.24) is 0 Å². The molecule has 0 unspecified atom stereocenters. The third-order valence-corrected chi connectivity index (χ3v) is 2.81. The predicted molar refractivity (Wildman–Crippen MR) is 76.7 cm³/mol. The Morgan fingerprint density at radius 2 is 1.90 bits per heavy atom. The maximum absolute atomic E-state index is 13.3. The number of hydrogen-bond donors (Lipinski definition) is 1. The summed E-state index contributed by atoms with van der Waals surface area (Å²) in [4.78, 5) is 0. The van der Waals surface area contributed by atoms with Gasteiger partial charge in [-0.05, 0) is 44.2 Å². The van der Waals surface area contributed by atoms with Crippen LogP contribution in [0.25, 0.3) is 0 Å². The van der Waals surface area contributed by atoms with E-state index in [1.807, 2.05) is 25.1 Å². The second kappa shape index (κ2) is 6.39. The standard InChI is InChI=1S/C16H18FNO2/c1-3-19-13-5-4-6-14(10-13)20-16-8-7-12(17)9-15(16)11(2)18/h4-11H,3,18H2,1-2H3/t11-/m1/s1. The minimum atomic E-state index is -0.326. The van der Waals surface area contributed by atoms with Gasteiger partial charge in [0.2, 0.25) is 0 Å². The first kappa shape index (κ1) is 14.3. The molecule has 106 valence electrons. The Kier molecular flexibility index (Phi) is 4.58. The monoisotopic (exact) mass is 275 g/mol. The molecule has 3 nitrogen and oxygen atoms in total. The zero-order valence-corrected chi connectivity index (χ0v) is 11.6. The predicted octanol–water partition coefficient (Wildman–Crippen LogP) is 4.04. The second-order valence-corrected chi connectivity index (χ2v) is 4.48. The molecular weight excluding hydrogens is 257 g/mol. The summed E-state index contributed by atoms with van der Waals surface area (Å²) in [5, 5.41) is 0. The van der Waals surface area contributed by atoms with E-state index >= 15 is 0 Å². The Morgan fingerprint density at radius 1 is 1.15 bits per heavy atom. The molecule has 0 radical (unpaired) electrons. The van der Waals surface area contributed by atoms with E-state index in [9.17, 15) is 4.39 Å². The molecule has 2 N–H and O–H groups in total. The van der Waals surface area contributed by atoms with Crippen LogP contribution in [0.15, 0.2) is 42.5 Å². The molecule has 2 aromatic rings. The highest BCUT2D eigenvalue weighted by molar-refractivity contribution is 5.41. The van der Waals surface area contributed by atoms with Crippen LogP contribution in [0.3, 0.4) is 0 Å². The second-order valence-electron chi connectivity index (χ2n) is 4.48. The first-order valence-corrected chi connectivity index (χ1v) is 6.56. The molecule has 0 spiro atoms. The van der Waals surface area contributed by atoms with Crippen molar-refractivity contribution in [2.24, 2.45) is 5.73 Å². The molecule has 0 aromatic heterocycles. The van der Waals surface area contributed by atoms with E-state index in [1.54, 1.807) is 19.1 Å². The van der Waals surface area contributed by atoms with E-state index in [1.165, 1.54) is 12.1 Å². The number of nitrogens with two attached hydrogens (primary N) is 1. The summed E-state index contributed by atoms with van der Waals surface area (Å²) >= 11 is 0. The van der Waals surface area contributed by atoms with E-state index < -0.39 is 0 Å². The van der Waals surface area contributed by atoms with E-state index in [4.69, 9.17) is 15.2 Å². The molecule has 4 heteroatoms. The van der Waals surface area contributed by atoms with Crippen LogP contribution in [0.1, 0.15) is 25.5 Å². The lowest BCUT2D eigenvalue weighted by Gasteiger charge is -2.14. The minimum Gasteiger partial charge on any atom is -0.494 e. The SMILES string of the molecule is CCOc1cccc(Oc2ccc(F)cc2[C@@H](C)N)c1. The normalized spacial score (nSPS) is 12.0. The van der Waals surface area contributed by atoms with Crippen LogP contribution >= 0.6 is 0 Å². The quantitative estimate of drug-likeness (QED) is 0.895. The van der Waals surface area contributed by atoms with Crippen LogP contribution in [0, 0.1) is 5.82 Å². The van der Waals surface area contributed by atoms with Crippen LogP contribution in [-0.2, 0) is 0 Å². The Hall–Kier alpha value is -2.07. The Bertz CT molecular complexity index is 584. The molecule has 0 heterocycles. The Labute approximate surface area is 118 Å². The summed E-state index contributed by atoms with van der Waals surface area (Å²) in [6.07, 6.45) is 0. The summed E-state index contributed by atoms with van der Waals surface area (Å²) in [6, 6.07) is 11.3. The minimum absolute atomic E-state index is 0.309. The van der Waals surface area contributed by atoms with Gasteiger partial charge in [-0.1, -0.05) is 6.07 Å². The molecule has 0 aliphatic rings. The van der Waals surface area contributed by atoms with Gasteiger partial charge in [0.1, 0.15) is 23.1 Å². The maximum atomic E-state index is 13.3. The molecule has 20 heavy (non-hydrogen) atoms. The highest BCUT2D eigenvalue weighted by Gasteiger charge is 2.10. The Morgan fingerprint density at radius 3 is 2.60 bits per heavy atom. The van der Waals surface area contributed by atoms with Gasteiger partial charge in [-0.2, -0.15) is 0 Å². The van der Waals surface area contributed by atoms with Gasteiger partial charge in [-0.3, -0.25) is 0 Å². The lowest BCUT2D eigenvalue weighted by molar-refractivity contribution is 0.338. The maximum Gasteiger partial charge on any atom is 0.132 e. The van der Waals surface area contributed by atoms with E-state index in [-0.39, 0.29) is 11.9 Å². The van der Waals surface area contributed by atoms with Gasteiger partial charge in [-0.25, -0.2) is 4.39 Å². The molecule has 1 atom stereocenters. The molecule has 2 rings (SSSR count). The van der Waals surface area contributed by atoms with Gasteiger partial charge >= 0.3 is 0 Å². The van der Waals surface area contributed by atoms with E-state index in [0.29, 0.717) is 23.7 Å². The van der Waals surface area contributed by atoms with Crippen LogP contribution in [0.5, 0.6) is 17.2 Å². The average Bonchev–Trinajstić information content (AvgIpc) is 2.41. The molecule has 0 aliphatic heterocycles. The molecule has 0 saturated carbocycles. The summed E-state index contributed by atoms with van der Waals surface area (Å²) in [7, 11) is 0. The summed E-state index contributed by atoms with van der Waals surface area (Å²) < 4.78 is 24.5. The summed E-state index contributed by atoms with van der Waals surface area (Å²) in [5.74, 6) is 1.58. The van der Waals surface area contributed by atoms with Crippen molar-refractivity contribution < 1.29 is 13.9 Å². The van der Waals surface area contributed by atoms with Crippen molar-refractivity contribution >= 4 is 0 Å². The highest BCUT2D eigenvalue weighted by Crippen LogP contribution is 2.31. The van der Waals surface area contributed by atoms with Gasteiger partial charge in [0.15, 0.2) is 0 Å². The zero-order chi connectivity index (χ0) is 14.5. The van der Waals surface area contributed by atoms with Gasteiger partial charge in [0.05, 0.1) is 6.61 Å². The fraction of sp³-hybridized carbons (Fsp3) is 0.250. The lowest BCUT2D eigenvalue weighted by Crippen LogP contribution is -2.07. The third-order valence-electron chi connectivity index (χ3n) is 2.81. The van der Waals surface area contributed by atoms with Gasteiger partial charge in [0.25, 0.3) is 0 Å². The smallest absolute Gasteiger partial charge is 0.132 e. The highest BCUT2D eigenvalue weighted by atomic mass is 19.1. The molecule has 0 fully saturated rings. The van der Waals surface area contributed by atoms with E-state index in [0.717, 1.165) is 5.75 Å². The summed E-state index contributed by atoms with van der Waals surface area (Å²) in [5.41, 5.74) is 6.47. The van der Waals surface area contributed by atoms with Crippen molar-refractivity contribution in [3.63, 3.8) is 0 Å². The van der Waals surface area contributed by atoms with Crippen LogP contribution < -0.4 is 15.2 Å². The fourth-order valence-electron chi connectivity index (χ4n) is 1.89. The number of ether oxygens (including phenoxy) is 2. The fourth-order valence-corrected chi connectivity index (χ4v) is 1.89. The van der Waals surface area contributed by atoms with E-state index in [2.05, 4.69) is 0 Å². The van der Waals surface area contributed by atoms with Crippen LogP contribution in [0.2, 0.25) is 0 Å². The average molecular weight is 275 g/mol. The van der Waals surface area contributed by atoms with Gasteiger partial charge in [-0.15, -0.1) is 0 Å². The molecule has 0 aliphatic carbocycles. The Balaban J connectivity index is 2.27. The number of hydrogen-bond acceptors (Lipinski definition) is 3. The van der Waals surface area contributed by atoms with Crippen LogP contribution in [0.4, 0.5) is 4.39 Å². The molecular formula is C16H18FNO2. The number of rotatable bonds is 5. The number of benzene rings is 2. The first-order chi connectivity index (χ1) is 9.60. The number of halogens is 1. The lowest BCUT2D eigenvalue weighted by atomic mass is 10.1. The van der Waals surface area contributed by atoms with Crippen molar-refractivity contribution in [2.45, 2.75) is 19.9 Å². The van der Waals surface area contributed by atoms with Gasteiger partial charge < -0.3 is 15.2 Å². The van der Waals surface area contributed by atoms with Crippen molar-refractivity contribution in [1.29, 1.82) is 0 Å². The molecule has 0 bridgehead atoms. The zero-order valence-electron chi connectivity index (χ0n) is 11.6. The van der Waals surface area contributed by atoms with Crippen molar-refractivity contribution in [3.8, 4) is 17.2 Å². The van der Waals surface area contributed by atoms with Crippen molar-refractivity contribution in [2.75, 3.05) is 6.61 Å². The molecule has 2 aromatic carbocycles. The largest absolute Gasteiger partial charge is 0.494 e. The third kappa shape index (κ3) is 3.48. The molecule has 0 amide bonds. The topological polar surface area (TPSA) is 44.5 Å². The first-order valence-electron chi connectivity index (χ1n) is 6.56. The van der Waals surface area contributed by atoms with Crippen molar-refractivity contribution in [3.05, 3.63) is 53.8 Å². The van der Waals surface area contributed by atoms with Crippen LogP contribution in [-0.4, -0.2) is 6.61 Å². The van der Waals surface area contributed by atoms with Gasteiger partial charge in [0, 0.05) is 17.7 Å².